The minimum Gasteiger partial charge on any atom is -0.302 e. The molecule has 31 heavy (non-hydrogen) atoms. The third-order valence-electron chi connectivity index (χ3n) is 5.34. The van der Waals surface area contributed by atoms with Crippen LogP contribution in [0, 0.1) is 0 Å². The van der Waals surface area contributed by atoms with Crippen LogP contribution < -0.4 is 5.32 Å². The summed E-state index contributed by atoms with van der Waals surface area (Å²) >= 11 is 4.77. The van der Waals surface area contributed by atoms with E-state index in [2.05, 4.69) is 37.4 Å². The van der Waals surface area contributed by atoms with Gasteiger partial charge in [0.25, 0.3) is 0 Å². The molecule has 0 fully saturated rings. The van der Waals surface area contributed by atoms with E-state index in [-0.39, 0.29) is 11.7 Å². The van der Waals surface area contributed by atoms with Gasteiger partial charge in [-0.2, -0.15) is 0 Å². The molecular weight excluding hydrogens is 446 g/mol. The molecule has 0 unspecified atom stereocenters. The lowest BCUT2D eigenvalue weighted by atomic mass is 9.95. The van der Waals surface area contributed by atoms with E-state index < -0.39 is 0 Å². The van der Waals surface area contributed by atoms with Crippen molar-refractivity contribution in [2.45, 2.75) is 50.7 Å². The number of fused-ring (bicyclic) bond motifs is 2. The maximum absolute atomic E-state index is 12.5. The number of rotatable bonds is 7. The first-order valence-electron chi connectivity index (χ1n) is 10.5. The number of aromatic nitrogens is 4. The van der Waals surface area contributed by atoms with Gasteiger partial charge in [0, 0.05) is 22.4 Å². The van der Waals surface area contributed by atoms with Crippen LogP contribution in [0.1, 0.15) is 36.6 Å². The van der Waals surface area contributed by atoms with E-state index in [1.807, 2.05) is 35.6 Å². The lowest BCUT2D eigenvalue weighted by Crippen LogP contribution is -2.14. The van der Waals surface area contributed by atoms with Gasteiger partial charge in [-0.25, -0.2) is 4.98 Å². The fourth-order valence-corrected chi connectivity index (χ4v) is 6.68. The smallest absolute Gasteiger partial charge is 0.236 e. The van der Waals surface area contributed by atoms with Crippen molar-refractivity contribution in [3.63, 3.8) is 0 Å². The zero-order chi connectivity index (χ0) is 21.2. The Balaban J connectivity index is 1.31. The van der Waals surface area contributed by atoms with E-state index in [0.29, 0.717) is 5.13 Å². The Morgan fingerprint density at radius 1 is 1.23 bits per heavy atom. The third kappa shape index (κ3) is 4.26. The first-order valence-corrected chi connectivity index (χ1v) is 13.2. The number of carbonyl (C=O) groups excluding carboxylic acids is 1. The Hall–Kier alpha value is -2.23. The number of benzene rings is 1. The second-order valence-electron chi connectivity index (χ2n) is 7.54. The van der Waals surface area contributed by atoms with Gasteiger partial charge in [0.2, 0.25) is 5.91 Å². The SMILES string of the molecule is CCCn1c(SCC(=O)Nc2nc3ccccc3s2)nnc1-c1csc2c1CCCC2. The maximum atomic E-state index is 12.5. The van der Waals surface area contributed by atoms with Crippen LogP contribution in [-0.2, 0) is 24.2 Å². The highest BCUT2D eigenvalue weighted by atomic mass is 32.2. The van der Waals surface area contributed by atoms with Crippen LogP contribution in [0.4, 0.5) is 5.13 Å². The molecule has 1 aromatic carbocycles. The Morgan fingerprint density at radius 2 is 2.10 bits per heavy atom. The van der Waals surface area contributed by atoms with Gasteiger partial charge in [0.1, 0.15) is 0 Å². The molecule has 1 aliphatic carbocycles. The monoisotopic (exact) mass is 469 g/mol. The fourth-order valence-electron chi connectivity index (χ4n) is 3.91. The summed E-state index contributed by atoms with van der Waals surface area (Å²) < 4.78 is 3.24. The Labute approximate surface area is 193 Å². The summed E-state index contributed by atoms with van der Waals surface area (Å²) in [7, 11) is 0. The molecule has 3 heterocycles. The molecule has 1 amide bonds. The Morgan fingerprint density at radius 3 is 2.97 bits per heavy atom. The van der Waals surface area contributed by atoms with Gasteiger partial charge >= 0.3 is 0 Å². The summed E-state index contributed by atoms with van der Waals surface area (Å²) in [4.78, 5) is 18.5. The molecule has 0 spiro atoms. The van der Waals surface area contributed by atoms with E-state index in [0.717, 1.165) is 40.6 Å². The molecular formula is C22H23N5OS3. The van der Waals surface area contributed by atoms with E-state index in [9.17, 15) is 4.79 Å². The number of nitrogens with one attached hydrogen (secondary N) is 1. The van der Waals surface area contributed by atoms with Gasteiger partial charge in [-0.15, -0.1) is 21.5 Å². The molecule has 0 radical (unpaired) electrons. The number of amides is 1. The van der Waals surface area contributed by atoms with Gasteiger partial charge in [-0.05, 0) is 49.8 Å². The zero-order valence-corrected chi connectivity index (χ0v) is 19.7. The molecule has 3 aromatic heterocycles. The number of hydrogen-bond acceptors (Lipinski definition) is 7. The average molecular weight is 470 g/mol. The Bertz CT molecular complexity index is 1190. The van der Waals surface area contributed by atoms with E-state index in [4.69, 9.17) is 0 Å². The molecule has 0 atom stereocenters. The van der Waals surface area contributed by atoms with Gasteiger partial charge in [0.05, 0.1) is 16.0 Å². The van der Waals surface area contributed by atoms with E-state index >= 15 is 0 Å². The highest BCUT2D eigenvalue weighted by Gasteiger charge is 2.22. The predicted octanol–water partition coefficient (Wildman–Crippen LogP) is 5.64. The fraction of sp³-hybridized carbons (Fsp3) is 0.364. The normalized spacial score (nSPS) is 13.5. The number of anilines is 1. The van der Waals surface area contributed by atoms with Crippen LogP contribution in [0.15, 0.2) is 34.8 Å². The highest BCUT2D eigenvalue weighted by Crippen LogP contribution is 2.37. The number of hydrogen-bond donors (Lipinski definition) is 1. The molecule has 0 aliphatic heterocycles. The maximum Gasteiger partial charge on any atom is 0.236 e. The van der Waals surface area contributed by atoms with Crippen molar-refractivity contribution in [3.05, 3.63) is 40.1 Å². The van der Waals surface area contributed by atoms with Crippen LogP contribution in [0.3, 0.4) is 0 Å². The molecule has 1 aliphatic rings. The standard InChI is InChI=1S/C22H23N5OS3/c1-2-11-27-20(15-12-29-17-9-5-3-7-14(15)17)25-26-22(27)30-13-19(28)24-21-23-16-8-4-6-10-18(16)31-21/h4,6,8,10,12H,2-3,5,7,9,11,13H2,1H3,(H,23,24,28). The highest BCUT2D eigenvalue weighted by molar-refractivity contribution is 7.99. The minimum atomic E-state index is -0.0791. The van der Waals surface area contributed by atoms with Crippen molar-refractivity contribution in [2.75, 3.05) is 11.1 Å². The van der Waals surface area contributed by atoms with Crippen LogP contribution in [-0.4, -0.2) is 31.4 Å². The summed E-state index contributed by atoms with van der Waals surface area (Å²) in [5.74, 6) is 1.14. The van der Waals surface area contributed by atoms with Gasteiger partial charge in [-0.3, -0.25) is 4.79 Å². The van der Waals surface area contributed by atoms with Gasteiger partial charge < -0.3 is 9.88 Å². The largest absolute Gasteiger partial charge is 0.302 e. The molecule has 0 saturated heterocycles. The van der Waals surface area contributed by atoms with Crippen molar-refractivity contribution in [1.29, 1.82) is 0 Å². The second-order valence-corrected chi connectivity index (χ2v) is 10.5. The number of thiophene rings is 1. The first-order chi connectivity index (χ1) is 15.2. The molecule has 4 aromatic rings. The lowest BCUT2D eigenvalue weighted by molar-refractivity contribution is -0.113. The van der Waals surface area contributed by atoms with Crippen molar-refractivity contribution >= 4 is 55.7 Å². The molecule has 160 valence electrons. The van der Waals surface area contributed by atoms with Gasteiger partial charge in [0.15, 0.2) is 16.1 Å². The summed E-state index contributed by atoms with van der Waals surface area (Å²) in [6.07, 6.45) is 5.81. The number of aryl methyl sites for hydroxylation is 1. The van der Waals surface area contributed by atoms with Crippen molar-refractivity contribution in [3.8, 4) is 11.4 Å². The van der Waals surface area contributed by atoms with Crippen molar-refractivity contribution in [1.82, 2.24) is 19.7 Å². The number of thiazole rings is 1. The molecule has 0 saturated carbocycles. The Kier molecular flexibility index (Phi) is 6.06. The molecule has 9 heteroatoms. The summed E-state index contributed by atoms with van der Waals surface area (Å²) in [5.41, 5.74) is 3.58. The number of para-hydroxylation sites is 1. The summed E-state index contributed by atoms with van der Waals surface area (Å²) in [6, 6.07) is 7.89. The van der Waals surface area contributed by atoms with E-state index in [1.165, 1.54) is 58.4 Å². The zero-order valence-electron chi connectivity index (χ0n) is 17.3. The first kappa shape index (κ1) is 20.7. The second kappa shape index (κ2) is 9.10. The van der Waals surface area contributed by atoms with Crippen LogP contribution in [0.25, 0.3) is 21.6 Å². The number of thioether (sulfide) groups is 1. The van der Waals surface area contributed by atoms with Crippen LogP contribution in [0.5, 0.6) is 0 Å². The third-order valence-corrected chi connectivity index (χ3v) is 8.35. The molecule has 5 rings (SSSR count). The topological polar surface area (TPSA) is 72.7 Å². The van der Waals surface area contributed by atoms with Crippen molar-refractivity contribution < 1.29 is 4.79 Å². The number of carbonyl (C=O) groups is 1. The average Bonchev–Trinajstić information content (AvgIpc) is 3.48. The quantitative estimate of drug-likeness (QED) is 0.355. The van der Waals surface area contributed by atoms with Crippen LogP contribution in [0.2, 0.25) is 0 Å². The molecule has 1 N–H and O–H groups in total. The summed E-state index contributed by atoms with van der Waals surface area (Å²) in [6.45, 7) is 3.00. The molecule has 0 bridgehead atoms. The summed E-state index contributed by atoms with van der Waals surface area (Å²) in [5, 5.41) is 15.6. The minimum absolute atomic E-state index is 0.0791. The molecule has 6 nitrogen and oxygen atoms in total. The van der Waals surface area contributed by atoms with Crippen molar-refractivity contribution in [2.24, 2.45) is 0 Å². The van der Waals surface area contributed by atoms with Gasteiger partial charge in [-0.1, -0.05) is 42.2 Å². The number of nitrogens with zero attached hydrogens (tertiary/aromatic N) is 4. The predicted molar refractivity (Wildman–Crippen MR) is 129 cm³/mol. The van der Waals surface area contributed by atoms with E-state index in [1.54, 1.807) is 0 Å². The van der Waals surface area contributed by atoms with Crippen LogP contribution >= 0.6 is 34.4 Å². The lowest BCUT2D eigenvalue weighted by Gasteiger charge is -2.13.